The van der Waals surface area contributed by atoms with E-state index >= 15 is 0 Å². The highest BCUT2D eigenvalue weighted by atomic mass is 19.3. The molecule has 1 aliphatic rings. The topological polar surface area (TPSA) is 43.1 Å². The molecule has 0 saturated heterocycles. The van der Waals surface area contributed by atoms with Crippen LogP contribution in [0.2, 0.25) is 0 Å². The van der Waals surface area contributed by atoms with Gasteiger partial charge in [0.15, 0.2) is 0 Å². The zero-order valence-electron chi connectivity index (χ0n) is 6.85. The number of ketones is 1. The van der Waals surface area contributed by atoms with Gasteiger partial charge in [-0.25, -0.2) is 8.78 Å². The molecule has 0 heterocycles. The van der Waals surface area contributed by atoms with Crippen LogP contribution < -0.4 is 5.73 Å². The molecular weight excluding hydrogens is 164 g/mol. The van der Waals surface area contributed by atoms with Crippen LogP contribution in [-0.4, -0.2) is 18.3 Å². The van der Waals surface area contributed by atoms with Gasteiger partial charge in [0.25, 0.3) is 5.92 Å². The molecule has 0 unspecified atom stereocenters. The number of carbonyl (C=O) groups excluding carboxylic acids is 1. The highest BCUT2D eigenvalue weighted by molar-refractivity contribution is 5.79. The van der Waals surface area contributed by atoms with Crippen LogP contribution in [0.3, 0.4) is 0 Å². The van der Waals surface area contributed by atoms with Crippen molar-refractivity contribution in [3.05, 3.63) is 0 Å². The average molecular weight is 177 g/mol. The number of Topliss-reactive ketones (excluding diaryl/α,β-unsaturated/α-hetero) is 1. The summed E-state index contributed by atoms with van der Waals surface area (Å²) in [5.41, 5.74) is 4.92. The second-order valence-electron chi connectivity index (χ2n) is 3.30. The summed E-state index contributed by atoms with van der Waals surface area (Å²) >= 11 is 0. The molecule has 0 spiro atoms. The fourth-order valence-electron chi connectivity index (χ4n) is 1.55. The SMILES string of the molecule is NCC(F)(F)[C@H]1CCCC(=O)C1. The van der Waals surface area contributed by atoms with Crippen LogP contribution in [0.5, 0.6) is 0 Å². The van der Waals surface area contributed by atoms with Crippen LogP contribution in [0.25, 0.3) is 0 Å². The molecule has 0 aromatic rings. The molecule has 0 radical (unpaired) electrons. The van der Waals surface area contributed by atoms with Gasteiger partial charge in [0, 0.05) is 18.8 Å². The maximum atomic E-state index is 12.9. The normalized spacial score (nSPS) is 25.9. The molecule has 0 aromatic carbocycles. The van der Waals surface area contributed by atoms with E-state index in [-0.39, 0.29) is 12.2 Å². The largest absolute Gasteiger partial charge is 0.325 e. The molecule has 1 aliphatic carbocycles. The number of rotatable bonds is 2. The zero-order valence-corrected chi connectivity index (χ0v) is 6.85. The number of carbonyl (C=O) groups is 1. The summed E-state index contributed by atoms with van der Waals surface area (Å²) in [6, 6.07) is 0. The number of halogens is 2. The van der Waals surface area contributed by atoms with Crippen molar-refractivity contribution in [2.24, 2.45) is 11.7 Å². The van der Waals surface area contributed by atoms with E-state index in [0.717, 1.165) is 0 Å². The van der Waals surface area contributed by atoms with Crippen molar-refractivity contribution < 1.29 is 13.6 Å². The first-order chi connectivity index (χ1) is 5.56. The first kappa shape index (κ1) is 9.58. The quantitative estimate of drug-likeness (QED) is 0.691. The van der Waals surface area contributed by atoms with Gasteiger partial charge < -0.3 is 5.73 Å². The van der Waals surface area contributed by atoms with E-state index in [1.807, 2.05) is 0 Å². The molecule has 2 N–H and O–H groups in total. The summed E-state index contributed by atoms with van der Waals surface area (Å²) in [5.74, 6) is -3.72. The predicted octanol–water partition coefficient (Wildman–Crippen LogP) is 1.34. The van der Waals surface area contributed by atoms with Gasteiger partial charge in [-0.05, 0) is 12.8 Å². The molecule has 1 saturated carbocycles. The van der Waals surface area contributed by atoms with Gasteiger partial charge in [0.05, 0.1) is 6.54 Å². The Bertz CT molecular complexity index is 182. The summed E-state index contributed by atoms with van der Waals surface area (Å²) in [5, 5.41) is 0. The number of alkyl halides is 2. The predicted molar refractivity (Wildman–Crippen MR) is 41.0 cm³/mol. The Morgan fingerprint density at radius 1 is 1.58 bits per heavy atom. The molecule has 1 fully saturated rings. The molecule has 0 aromatic heterocycles. The van der Waals surface area contributed by atoms with E-state index in [4.69, 9.17) is 5.73 Å². The zero-order chi connectivity index (χ0) is 9.19. The first-order valence-electron chi connectivity index (χ1n) is 4.16. The monoisotopic (exact) mass is 177 g/mol. The highest BCUT2D eigenvalue weighted by Gasteiger charge is 2.40. The fourth-order valence-corrected chi connectivity index (χ4v) is 1.55. The van der Waals surface area contributed by atoms with Crippen LogP contribution >= 0.6 is 0 Å². The third-order valence-electron chi connectivity index (χ3n) is 2.35. The maximum absolute atomic E-state index is 12.9. The van der Waals surface area contributed by atoms with Crippen molar-refractivity contribution in [2.45, 2.75) is 31.6 Å². The molecular formula is C8H13F2NO. The van der Waals surface area contributed by atoms with Crippen LogP contribution in [-0.2, 0) is 4.79 Å². The molecule has 0 aliphatic heterocycles. The Balaban J connectivity index is 2.56. The number of hydrogen-bond donors (Lipinski definition) is 1. The summed E-state index contributed by atoms with van der Waals surface area (Å²) in [7, 11) is 0. The van der Waals surface area contributed by atoms with Gasteiger partial charge in [-0.15, -0.1) is 0 Å². The van der Waals surface area contributed by atoms with Crippen molar-refractivity contribution in [3.63, 3.8) is 0 Å². The van der Waals surface area contributed by atoms with Crippen molar-refractivity contribution >= 4 is 5.78 Å². The standard InChI is InChI=1S/C8H13F2NO/c9-8(10,5-11)6-2-1-3-7(12)4-6/h6H,1-5,11H2/t6-/m0/s1. The van der Waals surface area contributed by atoms with E-state index in [1.165, 1.54) is 0 Å². The summed E-state index contributed by atoms with van der Waals surface area (Å²) in [4.78, 5) is 10.9. The summed E-state index contributed by atoms with van der Waals surface area (Å²) in [6.07, 6.45) is 1.47. The third-order valence-corrected chi connectivity index (χ3v) is 2.35. The summed E-state index contributed by atoms with van der Waals surface area (Å²) in [6.45, 7) is -0.648. The second kappa shape index (κ2) is 3.47. The lowest BCUT2D eigenvalue weighted by molar-refractivity contribution is -0.128. The Kier molecular flexibility index (Phi) is 2.77. The van der Waals surface area contributed by atoms with Gasteiger partial charge in [0.1, 0.15) is 5.78 Å². The number of hydrogen-bond acceptors (Lipinski definition) is 2. The lowest BCUT2D eigenvalue weighted by Crippen LogP contribution is -2.39. The van der Waals surface area contributed by atoms with E-state index in [0.29, 0.717) is 19.3 Å². The Labute approximate surface area is 70.1 Å². The molecule has 4 heteroatoms. The van der Waals surface area contributed by atoms with Gasteiger partial charge in [-0.2, -0.15) is 0 Å². The Morgan fingerprint density at radius 3 is 2.75 bits per heavy atom. The smallest absolute Gasteiger partial charge is 0.263 e. The van der Waals surface area contributed by atoms with Gasteiger partial charge in [0.2, 0.25) is 0 Å². The maximum Gasteiger partial charge on any atom is 0.263 e. The molecule has 0 amide bonds. The van der Waals surface area contributed by atoms with Crippen LogP contribution in [0, 0.1) is 5.92 Å². The van der Waals surface area contributed by atoms with E-state index in [1.54, 1.807) is 0 Å². The van der Waals surface area contributed by atoms with Gasteiger partial charge in [-0.1, -0.05) is 0 Å². The molecule has 1 rings (SSSR count). The highest BCUT2D eigenvalue weighted by Crippen LogP contribution is 2.34. The molecule has 70 valence electrons. The molecule has 12 heavy (non-hydrogen) atoms. The van der Waals surface area contributed by atoms with Crippen molar-refractivity contribution in [2.75, 3.05) is 6.54 Å². The summed E-state index contributed by atoms with van der Waals surface area (Å²) < 4.78 is 25.9. The minimum Gasteiger partial charge on any atom is -0.325 e. The minimum atomic E-state index is -2.85. The average Bonchev–Trinajstić information content (AvgIpc) is 2.05. The Hall–Kier alpha value is -0.510. The minimum absolute atomic E-state index is 0.00417. The third kappa shape index (κ3) is 2.00. The van der Waals surface area contributed by atoms with Crippen molar-refractivity contribution in [3.8, 4) is 0 Å². The van der Waals surface area contributed by atoms with Crippen LogP contribution in [0.1, 0.15) is 25.7 Å². The van der Waals surface area contributed by atoms with Gasteiger partial charge in [-0.3, -0.25) is 4.79 Å². The van der Waals surface area contributed by atoms with E-state index in [9.17, 15) is 13.6 Å². The lowest BCUT2D eigenvalue weighted by Gasteiger charge is -2.28. The van der Waals surface area contributed by atoms with Crippen LogP contribution in [0.15, 0.2) is 0 Å². The van der Waals surface area contributed by atoms with E-state index in [2.05, 4.69) is 0 Å². The number of nitrogens with two attached hydrogens (primary N) is 1. The van der Waals surface area contributed by atoms with Crippen molar-refractivity contribution in [1.29, 1.82) is 0 Å². The van der Waals surface area contributed by atoms with Gasteiger partial charge >= 0.3 is 0 Å². The second-order valence-corrected chi connectivity index (χ2v) is 3.30. The van der Waals surface area contributed by atoms with Crippen molar-refractivity contribution in [1.82, 2.24) is 0 Å². The first-order valence-corrected chi connectivity index (χ1v) is 4.16. The molecule has 1 atom stereocenters. The fraction of sp³-hybridized carbons (Fsp3) is 0.875. The lowest BCUT2D eigenvalue weighted by atomic mass is 9.84. The molecule has 2 nitrogen and oxygen atoms in total. The van der Waals surface area contributed by atoms with E-state index < -0.39 is 18.4 Å². The Morgan fingerprint density at radius 2 is 2.25 bits per heavy atom. The molecule has 0 bridgehead atoms. The van der Waals surface area contributed by atoms with Crippen LogP contribution in [0.4, 0.5) is 8.78 Å².